The van der Waals surface area contributed by atoms with Crippen LogP contribution in [0.1, 0.15) is 28.9 Å². The molecule has 1 amide bonds. The maximum atomic E-state index is 12.4. The van der Waals surface area contributed by atoms with Crippen LogP contribution in [0.5, 0.6) is 11.5 Å². The van der Waals surface area contributed by atoms with Gasteiger partial charge in [-0.3, -0.25) is 9.52 Å². The molecule has 1 aliphatic rings. The molecule has 0 spiro atoms. The normalized spacial score (nSPS) is 14.4. The molecule has 8 heteroatoms. The van der Waals surface area contributed by atoms with Crippen LogP contribution < -0.4 is 19.5 Å². The quantitative estimate of drug-likeness (QED) is 0.835. The van der Waals surface area contributed by atoms with E-state index >= 15 is 0 Å². The van der Waals surface area contributed by atoms with E-state index in [-0.39, 0.29) is 11.9 Å². The van der Waals surface area contributed by atoms with Gasteiger partial charge in [-0.2, -0.15) is 0 Å². The molecule has 138 valence electrons. The van der Waals surface area contributed by atoms with Crippen LogP contribution in [0.4, 0.5) is 5.69 Å². The van der Waals surface area contributed by atoms with Crippen molar-refractivity contribution in [2.45, 2.75) is 13.0 Å². The minimum Gasteiger partial charge on any atom is -0.486 e. The SMILES string of the molecule is C[C@H](NC(=O)c1ccc(NS(C)(=O)=O)cc1)c1ccc2c(c1)OCCO2. The van der Waals surface area contributed by atoms with Crippen LogP contribution in [0.3, 0.4) is 0 Å². The van der Waals surface area contributed by atoms with Crippen molar-refractivity contribution in [2.75, 3.05) is 24.2 Å². The first-order valence-electron chi connectivity index (χ1n) is 8.10. The first kappa shape index (κ1) is 18.1. The van der Waals surface area contributed by atoms with Crippen LogP contribution in [0, 0.1) is 0 Å². The fourth-order valence-electron chi connectivity index (χ4n) is 2.60. The molecule has 0 saturated heterocycles. The van der Waals surface area contributed by atoms with Crippen LogP contribution in [0.25, 0.3) is 0 Å². The molecular weight excluding hydrogens is 356 g/mol. The Balaban J connectivity index is 1.67. The second kappa shape index (κ2) is 7.25. The molecular formula is C18H20N2O5S. The summed E-state index contributed by atoms with van der Waals surface area (Å²) in [4.78, 5) is 12.4. The molecule has 0 radical (unpaired) electrons. The molecule has 0 aromatic heterocycles. The zero-order valence-electron chi connectivity index (χ0n) is 14.5. The molecule has 0 bridgehead atoms. The average molecular weight is 376 g/mol. The standard InChI is InChI=1S/C18H20N2O5S/c1-12(14-5-8-16-17(11-14)25-10-9-24-16)19-18(21)13-3-6-15(7-4-13)20-26(2,22)23/h3-8,11-12,20H,9-10H2,1-2H3,(H,19,21)/t12-/m0/s1. The second-order valence-electron chi connectivity index (χ2n) is 6.05. The summed E-state index contributed by atoms with van der Waals surface area (Å²) in [6.07, 6.45) is 1.07. The number of carbonyl (C=O) groups is 1. The Morgan fingerprint density at radius 1 is 1.04 bits per heavy atom. The van der Waals surface area contributed by atoms with E-state index in [9.17, 15) is 13.2 Å². The third-order valence-corrected chi connectivity index (χ3v) is 4.47. The molecule has 0 saturated carbocycles. The molecule has 3 rings (SSSR count). The third-order valence-electron chi connectivity index (χ3n) is 3.86. The third kappa shape index (κ3) is 4.45. The highest BCUT2D eigenvalue weighted by atomic mass is 32.2. The molecule has 0 aliphatic carbocycles. The predicted molar refractivity (Wildman–Crippen MR) is 98.2 cm³/mol. The number of carbonyl (C=O) groups excluding carboxylic acids is 1. The summed E-state index contributed by atoms with van der Waals surface area (Å²) in [5.41, 5.74) is 1.75. The number of hydrogen-bond acceptors (Lipinski definition) is 5. The van der Waals surface area contributed by atoms with Gasteiger partial charge in [-0.25, -0.2) is 8.42 Å². The topological polar surface area (TPSA) is 93.7 Å². The van der Waals surface area contributed by atoms with Gasteiger partial charge in [0, 0.05) is 11.3 Å². The van der Waals surface area contributed by atoms with E-state index in [1.54, 1.807) is 24.3 Å². The van der Waals surface area contributed by atoms with E-state index in [1.807, 2.05) is 25.1 Å². The Morgan fingerprint density at radius 2 is 1.69 bits per heavy atom. The summed E-state index contributed by atoms with van der Waals surface area (Å²) >= 11 is 0. The van der Waals surface area contributed by atoms with Crippen LogP contribution in [0.15, 0.2) is 42.5 Å². The van der Waals surface area contributed by atoms with Crippen molar-refractivity contribution in [1.29, 1.82) is 0 Å². The Bertz CT molecular complexity index is 910. The highest BCUT2D eigenvalue weighted by Crippen LogP contribution is 2.32. The Hall–Kier alpha value is -2.74. The van der Waals surface area contributed by atoms with Crippen LogP contribution >= 0.6 is 0 Å². The highest BCUT2D eigenvalue weighted by Gasteiger charge is 2.16. The molecule has 0 fully saturated rings. The lowest BCUT2D eigenvalue weighted by atomic mass is 10.1. The first-order valence-corrected chi connectivity index (χ1v) is 9.99. The summed E-state index contributed by atoms with van der Waals surface area (Å²) in [5.74, 6) is 1.12. The number of fused-ring (bicyclic) bond motifs is 1. The fourth-order valence-corrected chi connectivity index (χ4v) is 3.16. The van der Waals surface area contributed by atoms with Crippen molar-refractivity contribution in [3.05, 3.63) is 53.6 Å². The number of hydrogen-bond donors (Lipinski definition) is 2. The summed E-state index contributed by atoms with van der Waals surface area (Å²) in [7, 11) is -3.35. The number of sulfonamides is 1. The summed E-state index contributed by atoms with van der Waals surface area (Å²) in [5, 5.41) is 2.91. The van der Waals surface area contributed by atoms with E-state index in [4.69, 9.17) is 9.47 Å². The van der Waals surface area contributed by atoms with Gasteiger partial charge in [-0.1, -0.05) is 6.07 Å². The van der Waals surface area contributed by atoms with Gasteiger partial charge in [0.1, 0.15) is 13.2 Å². The molecule has 1 aliphatic heterocycles. The van der Waals surface area contributed by atoms with Gasteiger partial charge in [0.15, 0.2) is 11.5 Å². The van der Waals surface area contributed by atoms with Crippen molar-refractivity contribution in [2.24, 2.45) is 0 Å². The molecule has 1 heterocycles. The summed E-state index contributed by atoms with van der Waals surface area (Å²) in [6.45, 7) is 2.91. The van der Waals surface area contributed by atoms with E-state index in [2.05, 4.69) is 10.0 Å². The predicted octanol–water partition coefficient (Wildman–Crippen LogP) is 2.32. The maximum absolute atomic E-state index is 12.4. The molecule has 0 unspecified atom stereocenters. The first-order chi connectivity index (χ1) is 12.3. The number of benzene rings is 2. The van der Waals surface area contributed by atoms with Crippen molar-refractivity contribution in [1.82, 2.24) is 5.32 Å². The number of amides is 1. The van der Waals surface area contributed by atoms with Crippen LogP contribution in [0.2, 0.25) is 0 Å². The van der Waals surface area contributed by atoms with E-state index < -0.39 is 10.0 Å². The van der Waals surface area contributed by atoms with E-state index in [0.717, 1.165) is 11.8 Å². The second-order valence-corrected chi connectivity index (χ2v) is 7.80. The Labute approximate surface area is 152 Å². The van der Waals surface area contributed by atoms with Crippen molar-refractivity contribution in [3.63, 3.8) is 0 Å². The minimum atomic E-state index is -3.35. The van der Waals surface area contributed by atoms with Gasteiger partial charge >= 0.3 is 0 Å². The molecule has 1 atom stereocenters. The largest absolute Gasteiger partial charge is 0.486 e. The van der Waals surface area contributed by atoms with Gasteiger partial charge in [-0.05, 0) is 48.9 Å². The lowest BCUT2D eigenvalue weighted by Gasteiger charge is -2.21. The van der Waals surface area contributed by atoms with E-state index in [0.29, 0.717) is 36.0 Å². The highest BCUT2D eigenvalue weighted by molar-refractivity contribution is 7.92. The molecule has 2 N–H and O–H groups in total. The molecule has 2 aromatic carbocycles. The Kier molecular flexibility index (Phi) is 5.03. The van der Waals surface area contributed by atoms with Gasteiger partial charge in [0.2, 0.25) is 10.0 Å². The monoisotopic (exact) mass is 376 g/mol. The Morgan fingerprint density at radius 3 is 2.35 bits per heavy atom. The van der Waals surface area contributed by atoms with Crippen molar-refractivity contribution < 1.29 is 22.7 Å². The summed E-state index contributed by atoms with van der Waals surface area (Å²) < 4.78 is 35.8. The fraction of sp³-hybridized carbons (Fsp3) is 0.278. The van der Waals surface area contributed by atoms with E-state index in [1.165, 1.54) is 0 Å². The number of anilines is 1. The lowest BCUT2D eigenvalue weighted by Crippen LogP contribution is -2.26. The zero-order chi connectivity index (χ0) is 18.7. The van der Waals surface area contributed by atoms with Gasteiger partial charge in [0.05, 0.1) is 12.3 Å². The van der Waals surface area contributed by atoms with Crippen molar-refractivity contribution >= 4 is 21.6 Å². The summed E-state index contributed by atoms with van der Waals surface area (Å²) in [6, 6.07) is 11.6. The smallest absolute Gasteiger partial charge is 0.251 e. The number of ether oxygens (including phenoxy) is 2. The van der Waals surface area contributed by atoms with Crippen LogP contribution in [-0.4, -0.2) is 33.8 Å². The molecule has 2 aromatic rings. The van der Waals surface area contributed by atoms with Crippen LogP contribution in [-0.2, 0) is 10.0 Å². The van der Waals surface area contributed by atoms with Crippen molar-refractivity contribution in [3.8, 4) is 11.5 Å². The van der Waals surface area contributed by atoms with Gasteiger partial charge in [0.25, 0.3) is 5.91 Å². The van der Waals surface area contributed by atoms with Gasteiger partial charge < -0.3 is 14.8 Å². The minimum absolute atomic E-state index is 0.229. The van der Waals surface area contributed by atoms with Gasteiger partial charge in [-0.15, -0.1) is 0 Å². The maximum Gasteiger partial charge on any atom is 0.251 e. The molecule has 26 heavy (non-hydrogen) atoms. The molecule has 7 nitrogen and oxygen atoms in total. The lowest BCUT2D eigenvalue weighted by molar-refractivity contribution is 0.0939. The zero-order valence-corrected chi connectivity index (χ0v) is 15.3. The number of nitrogens with one attached hydrogen (secondary N) is 2. The average Bonchev–Trinajstić information content (AvgIpc) is 2.60. The number of rotatable bonds is 5.